The molecule has 0 unspecified atom stereocenters. The molecule has 0 bridgehead atoms. The Balaban J connectivity index is 1.39. The number of nitrogens with zero attached hydrogens (tertiary/aromatic N) is 2. The summed E-state index contributed by atoms with van der Waals surface area (Å²) in [6.07, 6.45) is 1.05. The van der Waals surface area contributed by atoms with Crippen molar-refractivity contribution in [3.05, 3.63) is 24.3 Å². The van der Waals surface area contributed by atoms with Crippen LogP contribution in [0.15, 0.2) is 24.3 Å². The summed E-state index contributed by atoms with van der Waals surface area (Å²) in [7, 11) is 1.67. The van der Waals surface area contributed by atoms with Crippen molar-refractivity contribution in [1.82, 2.24) is 10.2 Å². The number of hydrogen-bond acceptors (Lipinski definition) is 5. The Hall–Kier alpha value is -2.44. The molecule has 2 aliphatic rings. The minimum absolute atomic E-state index is 0.0143. The second-order valence-electron chi connectivity index (χ2n) is 6.46. The van der Waals surface area contributed by atoms with E-state index in [1.54, 1.807) is 12.0 Å². The molecule has 1 aromatic rings. The number of benzene rings is 1. The van der Waals surface area contributed by atoms with Gasteiger partial charge in [-0.05, 0) is 24.5 Å². The van der Waals surface area contributed by atoms with E-state index in [1.807, 2.05) is 18.2 Å². The van der Waals surface area contributed by atoms with E-state index in [1.165, 1.54) is 0 Å². The van der Waals surface area contributed by atoms with Gasteiger partial charge in [0.05, 0.1) is 13.7 Å². The fourth-order valence-corrected chi connectivity index (χ4v) is 3.25. The van der Waals surface area contributed by atoms with E-state index in [9.17, 15) is 9.59 Å². The third kappa shape index (κ3) is 4.55. The Morgan fingerprint density at radius 2 is 2.28 bits per heavy atom. The number of anilines is 1. The summed E-state index contributed by atoms with van der Waals surface area (Å²) in [5.74, 6) is 1.28. The van der Waals surface area contributed by atoms with Gasteiger partial charge in [-0.3, -0.25) is 4.79 Å². The zero-order valence-electron chi connectivity index (χ0n) is 14.6. The maximum atomic E-state index is 12.0. The fourth-order valence-electron chi connectivity index (χ4n) is 3.25. The van der Waals surface area contributed by atoms with Crippen LogP contribution in [0.5, 0.6) is 5.75 Å². The van der Waals surface area contributed by atoms with Crippen molar-refractivity contribution in [2.45, 2.75) is 12.8 Å². The number of nitrogens with one attached hydrogen (secondary N) is 1. The van der Waals surface area contributed by atoms with Crippen LogP contribution in [0.2, 0.25) is 0 Å². The molecule has 7 nitrogen and oxygen atoms in total. The van der Waals surface area contributed by atoms with Crippen LogP contribution in [-0.2, 0) is 9.53 Å². The number of methoxy groups -OCH3 is 1. The van der Waals surface area contributed by atoms with Gasteiger partial charge in [0.1, 0.15) is 12.4 Å². The molecule has 1 atom stereocenters. The standard InChI is InChI=1S/C18H25N3O4/c1-24-16-4-2-3-15(11-16)21-7-5-14(13-21)12-19-17(22)6-8-20-9-10-25-18(20)23/h2-4,11,14H,5-10,12-13H2,1H3,(H,19,22)/t14-/m0/s1. The second kappa shape index (κ2) is 8.09. The lowest BCUT2D eigenvalue weighted by atomic mass is 10.1. The predicted octanol–water partition coefficient (Wildman–Crippen LogP) is 1.48. The first-order chi connectivity index (χ1) is 12.2. The Labute approximate surface area is 147 Å². The summed E-state index contributed by atoms with van der Waals surface area (Å²) in [6, 6.07) is 8.05. The number of amides is 2. The molecule has 0 aliphatic carbocycles. The largest absolute Gasteiger partial charge is 0.497 e. The van der Waals surface area contributed by atoms with E-state index in [2.05, 4.69) is 16.3 Å². The average molecular weight is 347 g/mol. The molecule has 0 radical (unpaired) electrons. The highest BCUT2D eigenvalue weighted by atomic mass is 16.6. The highest BCUT2D eigenvalue weighted by molar-refractivity contribution is 5.77. The molecule has 2 fully saturated rings. The first-order valence-corrected chi connectivity index (χ1v) is 8.73. The van der Waals surface area contributed by atoms with Gasteiger partial charge in [-0.2, -0.15) is 0 Å². The Morgan fingerprint density at radius 3 is 3.04 bits per heavy atom. The number of ether oxygens (including phenoxy) is 2. The second-order valence-corrected chi connectivity index (χ2v) is 6.46. The van der Waals surface area contributed by atoms with E-state index in [0.29, 0.717) is 38.6 Å². The van der Waals surface area contributed by atoms with Gasteiger partial charge in [0.25, 0.3) is 0 Å². The van der Waals surface area contributed by atoms with Crippen molar-refractivity contribution >= 4 is 17.7 Å². The lowest BCUT2D eigenvalue weighted by molar-refractivity contribution is -0.121. The van der Waals surface area contributed by atoms with Gasteiger partial charge >= 0.3 is 6.09 Å². The third-order valence-corrected chi connectivity index (χ3v) is 4.75. The van der Waals surface area contributed by atoms with Crippen LogP contribution in [-0.4, -0.2) is 63.3 Å². The van der Waals surface area contributed by atoms with Gasteiger partial charge in [0.2, 0.25) is 5.91 Å². The lowest BCUT2D eigenvalue weighted by Crippen LogP contribution is -2.34. The van der Waals surface area contributed by atoms with Crippen LogP contribution in [0, 0.1) is 5.92 Å². The normalized spacial score (nSPS) is 19.9. The molecule has 1 N–H and O–H groups in total. The molecule has 1 aromatic carbocycles. The van der Waals surface area contributed by atoms with Crippen molar-refractivity contribution in [2.24, 2.45) is 5.92 Å². The van der Waals surface area contributed by atoms with Crippen LogP contribution >= 0.6 is 0 Å². The molecule has 0 aromatic heterocycles. The summed E-state index contributed by atoms with van der Waals surface area (Å²) in [5, 5.41) is 2.99. The van der Waals surface area contributed by atoms with E-state index < -0.39 is 0 Å². The predicted molar refractivity (Wildman–Crippen MR) is 93.9 cm³/mol. The maximum absolute atomic E-state index is 12.0. The van der Waals surface area contributed by atoms with Gasteiger partial charge in [-0.25, -0.2) is 4.79 Å². The molecule has 3 rings (SSSR count). The topological polar surface area (TPSA) is 71.1 Å². The highest BCUT2D eigenvalue weighted by Gasteiger charge is 2.24. The number of cyclic esters (lactones) is 1. The van der Waals surface area contributed by atoms with Crippen LogP contribution < -0.4 is 15.0 Å². The minimum atomic E-state index is -0.322. The molecular formula is C18H25N3O4. The third-order valence-electron chi connectivity index (χ3n) is 4.75. The van der Waals surface area contributed by atoms with Crippen molar-refractivity contribution in [3.63, 3.8) is 0 Å². The summed E-state index contributed by atoms with van der Waals surface area (Å²) >= 11 is 0. The molecule has 7 heteroatoms. The molecule has 2 aliphatic heterocycles. The van der Waals surface area contributed by atoms with Crippen LogP contribution in [0.1, 0.15) is 12.8 Å². The Morgan fingerprint density at radius 1 is 1.40 bits per heavy atom. The smallest absolute Gasteiger partial charge is 0.409 e. The highest BCUT2D eigenvalue weighted by Crippen LogP contribution is 2.26. The van der Waals surface area contributed by atoms with E-state index in [-0.39, 0.29) is 12.0 Å². The Kier molecular flexibility index (Phi) is 5.63. The van der Waals surface area contributed by atoms with Crippen molar-refractivity contribution < 1.29 is 19.1 Å². The molecular weight excluding hydrogens is 322 g/mol. The summed E-state index contributed by atoms with van der Waals surface area (Å²) in [4.78, 5) is 27.2. The first kappa shape index (κ1) is 17.4. The van der Waals surface area contributed by atoms with E-state index in [0.717, 1.165) is 30.9 Å². The molecule has 2 amide bonds. The van der Waals surface area contributed by atoms with Crippen molar-refractivity contribution in [2.75, 3.05) is 51.3 Å². The van der Waals surface area contributed by atoms with Gasteiger partial charge in [-0.1, -0.05) is 6.07 Å². The SMILES string of the molecule is COc1cccc(N2CC[C@@H](CNC(=O)CCN3CCOC3=O)C2)c1. The summed E-state index contributed by atoms with van der Waals surface area (Å²) < 4.78 is 10.1. The summed E-state index contributed by atoms with van der Waals surface area (Å²) in [6.45, 7) is 3.99. The number of carbonyl (C=O) groups excluding carboxylic acids is 2. The average Bonchev–Trinajstić information content (AvgIpc) is 3.27. The van der Waals surface area contributed by atoms with Crippen LogP contribution in [0.3, 0.4) is 0 Å². The quantitative estimate of drug-likeness (QED) is 0.809. The number of carbonyl (C=O) groups is 2. The maximum Gasteiger partial charge on any atom is 0.409 e. The molecule has 136 valence electrons. The van der Waals surface area contributed by atoms with Crippen LogP contribution in [0.4, 0.5) is 10.5 Å². The van der Waals surface area contributed by atoms with E-state index in [4.69, 9.17) is 9.47 Å². The molecule has 0 spiro atoms. The lowest BCUT2D eigenvalue weighted by Gasteiger charge is -2.19. The first-order valence-electron chi connectivity index (χ1n) is 8.73. The van der Waals surface area contributed by atoms with E-state index >= 15 is 0 Å². The number of hydrogen-bond donors (Lipinski definition) is 1. The van der Waals surface area contributed by atoms with Gasteiger partial charge in [-0.15, -0.1) is 0 Å². The van der Waals surface area contributed by atoms with Gasteiger partial charge in [0, 0.05) is 44.4 Å². The zero-order valence-corrected chi connectivity index (χ0v) is 14.6. The minimum Gasteiger partial charge on any atom is -0.497 e. The van der Waals surface area contributed by atoms with Crippen molar-refractivity contribution in [1.29, 1.82) is 0 Å². The summed E-state index contributed by atoms with van der Waals surface area (Å²) in [5.41, 5.74) is 1.15. The fraction of sp³-hybridized carbons (Fsp3) is 0.556. The zero-order chi connectivity index (χ0) is 17.6. The molecule has 2 saturated heterocycles. The van der Waals surface area contributed by atoms with Gasteiger partial charge in [0.15, 0.2) is 0 Å². The van der Waals surface area contributed by atoms with Gasteiger partial charge < -0.3 is 24.6 Å². The molecule has 2 heterocycles. The Bertz CT molecular complexity index is 622. The van der Waals surface area contributed by atoms with Crippen molar-refractivity contribution in [3.8, 4) is 5.75 Å². The van der Waals surface area contributed by atoms with Crippen LogP contribution in [0.25, 0.3) is 0 Å². The number of rotatable bonds is 7. The molecule has 0 saturated carbocycles. The monoisotopic (exact) mass is 347 g/mol. The molecule has 25 heavy (non-hydrogen) atoms.